The molecule has 31 heavy (non-hydrogen) atoms. The molecule has 0 saturated carbocycles. The molecule has 0 radical (unpaired) electrons. The average molecular weight is 438 g/mol. The molecule has 1 amide bonds. The predicted octanol–water partition coefficient (Wildman–Crippen LogP) is 6.68. The first-order valence-electron chi connectivity index (χ1n) is 9.46. The molecule has 1 heterocycles. The number of hydrogen-bond donors (Lipinski definition) is 1. The highest BCUT2D eigenvalue weighted by molar-refractivity contribution is 7.13. The molecule has 0 aliphatic rings. The molecule has 0 spiro atoms. The lowest BCUT2D eigenvalue weighted by molar-refractivity contribution is -0.137. The summed E-state index contributed by atoms with van der Waals surface area (Å²) < 4.78 is 38.5. The van der Waals surface area contributed by atoms with Crippen LogP contribution in [0.1, 0.15) is 11.1 Å². The number of hydrogen-bond acceptors (Lipinski definition) is 3. The van der Waals surface area contributed by atoms with Crippen LogP contribution >= 0.6 is 11.3 Å². The molecule has 1 aromatic heterocycles. The number of carbonyl (C=O) groups excluding carboxylic acids is 1. The number of nitrogens with zero attached hydrogens (tertiary/aromatic N) is 1. The van der Waals surface area contributed by atoms with Crippen LogP contribution in [0.4, 0.5) is 18.9 Å². The highest BCUT2D eigenvalue weighted by Crippen LogP contribution is 2.30. The van der Waals surface area contributed by atoms with Gasteiger partial charge < -0.3 is 5.32 Å². The van der Waals surface area contributed by atoms with Gasteiger partial charge in [-0.25, -0.2) is 4.98 Å². The van der Waals surface area contributed by atoms with Gasteiger partial charge in [-0.3, -0.25) is 4.79 Å². The first-order valence-corrected chi connectivity index (χ1v) is 10.3. The standard InChI is InChI=1S/C24H17F3N2OS/c25-24(26,27)19-8-4-5-16(13-19)14-22(30)28-20-11-9-17(10-12-20)21-15-31-23(29-21)18-6-2-1-3-7-18/h1-13,15H,14H2,(H,28,30). The minimum atomic E-state index is -4.43. The van der Waals surface area contributed by atoms with E-state index < -0.39 is 11.7 Å². The van der Waals surface area contributed by atoms with Crippen LogP contribution in [-0.4, -0.2) is 10.9 Å². The first kappa shape index (κ1) is 20.8. The van der Waals surface area contributed by atoms with Gasteiger partial charge >= 0.3 is 6.18 Å². The predicted molar refractivity (Wildman–Crippen MR) is 117 cm³/mol. The highest BCUT2D eigenvalue weighted by atomic mass is 32.1. The zero-order valence-corrected chi connectivity index (χ0v) is 17.0. The second-order valence-corrected chi connectivity index (χ2v) is 7.76. The number of amides is 1. The summed E-state index contributed by atoms with van der Waals surface area (Å²) in [5.74, 6) is -0.382. The normalized spacial score (nSPS) is 11.3. The summed E-state index contributed by atoms with van der Waals surface area (Å²) in [6, 6.07) is 21.9. The Morgan fingerprint density at radius 1 is 0.903 bits per heavy atom. The molecule has 0 aliphatic carbocycles. The van der Waals surface area contributed by atoms with Crippen molar-refractivity contribution in [1.29, 1.82) is 0 Å². The zero-order chi connectivity index (χ0) is 21.8. The van der Waals surface area contributed by atoms with Crippen LogP contribution < -0.4 is 5.32 Å². The Kier molecular flexibility index (Phi) is 5.86. The van der Waals surface area contributed by atoms with E-state index in [1.807, 2.05) is 47.8 Å². The Hall–Kier alpha value is -3.45. The van der Waals surface area contributed by atoms with E-state index in [2.05, 4.69) is 10.3 Å². The number of carbonyl (C=O) groups is 1. The SMILES string of the molecule is O=C(Cc1cccc(C(F)(F)F)c1)Nc1ccc(-c2csc(-c3ccccc3)n2)cc1. The van der Waals surface area contributed by atoms with Gasteiger partial charge in [-0.15, -0.1) is 11.3 Å². The lowest BCUT2D eigenvalue weighted by Gasteiger charge is -2.09. The molecule has 3 nitrogen and oxygen atoms in total. The number of anilines is 1. The summed E-state index contributed by atoms with van der Waals surface area (Å²) in [4.78, 5) is 16.9. The maximum atomic E-state index is 12.8. The molecule has 4 rings (SSSR count). The maximum Gasteiger partial charge on any atom is 0.416 e. The van der Waals surface area contributed by atoms with Gasteiger partial charge in [-0.05, 0) is 23.8 Å². The fraction of sp³-hybridized carbons (Fsp3) is 0.0833. The Balaban J connectivity index is 1.41. The number of alkyl halides is 3. The molecular formula is C24H17F3N2OS. The van der Waals surface area contributed by atoms with E-state index in [0.29, 0.717) is 11.3 Å². The van der Waals surface area contributed by atoms with Crippen LogP contribution in [0.3, 0.4) is 0 Å². The second kappa shape index (κ2) is 8.73. The summed E-state index contributed by atoms with van der Waals surface area (Å²) in [6.07, 6.45) is -4.57. The molecule has 0 bridgehead atoms. The smallest absolute Gasteiger partial charge is 0.326 e. The minimum Gasteiger partial charge on any atom is -0.326 e. The number of benzene rings is 3. The van der Waals surface area contributed by atoms with Crippen LogP contribution in [0.25, 0.3) is 21.8 Å². The van der Waals surface area contributed by atoms with Gasteiger partial charge in [0, 0.05) is 22.2 Å². The third-order valence-electron chi connectivity index (χ3n) is 4.61. The number of nitrogens with one attached hydrogen (secondary N) is 1. The van der Waals surface area contributed by atoms with E-state index in [1.165, 1.54) is 12.1 Å². The molecular weight excluding hydrogens is 421 g/mol. The van der Waals surface area contributed by atoms with Crippen molar-refractivity contribution in [3.8, 4) is 21.8 Å². The van der Waals surface area contributed by atoms with Gasteiger partial charge in [-0.1, -0.05) is 60.7 Å². The molecule has 3 aromatic carbocycles. The summed E-state index contributed by atoms with van der Waals surface area (Å²) >= 11 is 1.56. The van der Waals surface area contributed by atoms with Gasteiger partial charge in [0.05, 0.1) is 17.7 Å². The molecule has 0 fully saturated rings. The van der Waals surface area contributed by atoms with Crippen LogP contribution in [0.5, 0.6) is 0 Å². The van der Waals surface area contributed by atoms with Gasteiger partial charge in [0.1, 0.15) is 5.01 Å². The minimum absolute atomic E-state index is 0.141. The number of aromatic nitrogens is 1. The lowest BCUT2D eigenvalue weighted by atomic mass is 10.1. The first-order chi connectivity index (χ1) is 14.9. The van der Waals surface area contributed by atoms with E-state index >= 15 is 0 Å². The van der Waals surface area contributed by atoms with E-state index in [0.717, 1.165) is 34.0 Å². The molecule has 0 aliphatic heterocycles. The topological polar surface area (TPSA) is 42.0 Å². The summed E-state index contributed by atoms with van der Waals surface area (Å²) in [5.41, 5.74) is 2.91. The maximum absolute atomic E-state index is 12.8. The van der Waals surface area contributed by atoms with Crippen molar-refractivity contribution in [2.75, 3.05) is 5.32 Å². The Morgan fingerprint density at radius 3 is 2.35 bits per heavy atom. The van der Waals surface area contributed by atoms with Gasteiger partial charge in [0.15, 0.2) is 0 Å². The van der Waals surface area contributed by atoms with Crippen molar-refractivity contribution < 1.29 is 18.0 Å². The molecule has 4 aromatic rings. The molecule has 7 heteroatoms. The lowest BCUT2D eigenvalue weighted by Crippen LogP contribution is -2.15. The van der Waals surface area contributed by atoms with E-state index in [-0.39, 0.29) is 12.3 Å². The molecule has 0 unspecified atom stereocenters. The quantitative estimate of drug-likeness (QED) is 0.378. The van der Waals surface area contributed by atoms with Crippen LogP contribution in [0.2, 0.25) is 0 Å². The average Bonchev–Trinajstić information content (AvgIpc) is 3.25. The molecule has 0 saturated heterocycles. The van der Waals surface area contributed by atoms with Crippen LogP contribution in [-0.2, 0) is 17.4 Å². The fourth-order valence-corrected chi connectivity index (χ4v) is 3.93. The van der Waals surface area contributed by atoms with Crippen molar-refractivity contribution in [1.82, 2.24) is 4.98 Å². The number of rotatable bonds is 5. The molecule has 0 atom stereocenters. The van der Waals surface area contributed by atoms with Crippen molar-refractivity contribution in [3.05, 3.63) is 95.4 Å². The largest absolute Gasteiger partial charge is 0.416 e. The third-order valence-corrected chi connectivity index (χ3v) is 5.50. The third kappa shape index (κ3) is 5.19. The molecule has 156 valence electrons. The summed E-state index contributed by atoms with van der Waals surface area (Å²) in [6.45, 7) is 0. The highest BCUT2D eigenvalue weighted by Gasteiger charge is 2.30. The Morgan fingerprint density at radius 2 is 1.65 bits per heavy atom. The van der Waals surface area contributed by atoms with E-state index in [4.69, 9.17) is 0 Å². The second-order valence-electron chi connectivity index (χ2n) is 6.90. The van der Waals surface area contributed by atoms with Crippen molar-refractivity contribution in [3.63, 3.8) is 0 Å². The van der Waals surface area contributed by atoms with E-state index in [1.54, 1.807) is 23.5 Å². The number of thiazole rings is 1. The summed E-state index contributed by atoms with van der Waals surface area (Å²) in [5, 5.41) is 5.62. The monoisotopic (exact) mass is 438 g/mol. The Labute approximate surface area is 181 Å². The van der Waals surface area contributed by atoms with Gasteiger partial charge in [-0.2, -0.15) is 13.2 Å². The number of halogens is 3. The van der Waals surface area contributed by atoms with Crippen molar-refractivity contribution in [2.45, 2.75) is 12.6 Å². The van der Waals surface area contributed by atoms with Crippen LogP contribution in [0.15, 0.2) is 84.2 Å². The zero-order valence-electron chi connectivity index (χ0n) is 16.2. The Bertz CT molecular complexity index is 1190. The van der Waals surface area contributed by atoms with Crippen molar-refractivity contribution in [2.24, 2.45) is 0 Å². The molecule has 1 N–H and O–H groups in total. The van der Waals surface area contributed by atoms with Crippen LogP contribution in [0, 0.1) is 0 Å². The summed E-state index contributed by atoms with van der Waals surface area (Å²) in [7, 11) is 0. The van der Waals surface area contributed by atoms with Gasteiger partial charge in [0.2, 0.25) is 5.91 Å². The van der Waals surface area contributed by atoms with E-state index in [9.17, 15) is 18.0 Å². The van der Waals surface area contributed by atoms with Crippen molar-refractivity contribution >= 4 is 22.9 Å². The van der Waals surface area contributed by atoms with Gasteiger partial charge in [0.25, 0.3) is 0 Å². The fourth-order valence-electron chi connectivity index (χ4n) is 3.09.